The van der Waals surface area contributed by atoms with Crippen LogP contribution in [0.5, 0.6) is 0 Å². The topological polar surface area (TPSA) is 76.8 Å². The second-order valence-corrected chi connectivity index (χ2v) is 3.62. The molecule has 0 heterocycles. The predicted octanol–water partition coefficient (Wildman–Crippen LogP) is 1.94. The molecule has 0 aromatic heterocycles. The summed E-state index contributed by atoms with van der Waals surface area (Å²) in [5.74, 6) is -0.0261. The Morgan fingerprint density at radius 1 is 1.20 bits per heavy atom. The maximum absolute atomic E-state index is 5.11. The Kier molecular flexibility index (Phi) is 6.97. The summed E-state index contributed by atoms with van der Waals surface area (Å²) in [6, 6.07) is 0. The van der Waals surface area contributed by atoms with Gasteiger partial charge < -0.3 is 11.5 Å². The predicted molar refractivity (Wildman–Crippen MR) is 66.7 cm³/mol. The highest BCUT2D eigenvalue weighted by Crippen LogP contribution is 2.05. The van der Waals surface area contributed by atoms with Gasteiger partial charge in [0.05, 0.1) is 0 Å². The van der Waals surface area contributed by atoms with Gasteiger partial charge in [0.25, 0.3) is 0 Å². The van der Waals surface area contributed by atoms with Crippen molar-refractivity contribution >= 4 is 12.2 Å². The van der Waals surface area contributed by atoms with E-state index >= 15 is 0 Å². The van der Waals surface area contributed by atoms with E-state index in [0.717, 1.165) is 12.8 Å². The standard InChI is InChI=1S/C11H20N4/c1-9(2)5-4-6-10(3)7-8-14-15-11(12)13/h5,7-8H,4,6H2,1-3H3,(H4,12,13,15). The number of guanidine groups is 1. The molecule has 0 atom stereocenters. The first kappa shape index (κ1) is 13.4. The lowest BCUT2D eigenvalue weighted by Crippen LogP contribution is -2.21. The zero-order chi connectivity index (χ0) is 11.7. The first-order valence-corrected chi connectivity index (χ1v) is 4.93. The lowest BCUT2D eigenvalue weighted by Gasteiger charge is -1.95. The Hall–Kier alpha value is -1.58. The van der Waals surface area contributed by atoms with Crippen molar-refractivity contribution in [3.63, 3.8) is 0 Å². The molecular formula is C11H20N4. The van der Waals surface area contributed by atoms with Crippen LogP contribution in [0, 0.1) is 0 Å². The van der Waals surface area contributed by atoms with E-state index in [1.165, 1.54) is 11.1 Å². The molecule has 0 aliphatic heterocycles. The van der Waals surface area contributed by atoms with E-state index in [4.69, 9.17) is 11.5 Å². The minimum Gasteiger partial charge on any atom is -0.369 e. The Balaban J connectivity index is 3.94. The van der Waals surface area contributed by atoms with Crippen LogP contribution in [-0.4, -0.2) is 12.2 Å². The van der Waals surface area contributed by atoms with Gasteiger partial charge in [-0.05, 0) is 39.7 Å². The third kappa shape index (κ3) is 10.3. The summed E-state index contributed by atoms with van der Waals surface area (Å²) in [6.07, 6.45) is 7.80. The van der Waals surface area contributed by atoms with Gasteiger partial charge in [-0.3, -0.25) is 0 Å². The minimum absolute atomic E-state index is 0.0261. The second kappa shape index (κ2) is 7.79. The van der Waals surface area contributed by atoms with E-state index in [1.54, 1.807) is 6.21 Å². The molecule has 0 aromatic rings. The quantitative estimate of drug-likeness (QED) is 0.313. The molecule has 15 heavy (non-hydrogen) atoms. The van der Waals surface area contributed by atoms with Crippen LogP contribution in [0.15, 0.2) is 33.5 Å². The van der Waals surface area contributed by atoms with E-state index in [-0.39, 0.29) is 5.96 Å². The fourth-order valence-corrected chi connectivity index (χ4v) is 0.932. The molecule has 0 aromatic carbocycles. The molecule has 0 rings (SSSR count). The van der Waals surface area contributed by atoms with Gasteiger partial charge >= 0.3 is 0 Å². The van der Waals surface area contributed by atoms with Crippen molar-refractivity contribution in [2.24, 2.45) is 21.7 Å². The van der Waals surface area contributed by atoms with Crippen molar-refractivity contribution in [2.45, 2.75) is 33.6 Å². The molecule has 0 aliphatic rings. The van der Waals surface area contributed by atoms with Crippen molar-refractivity contribution in [2.75, 3.05) is 0 Å². The number of hydrogen-bond donors (Lipinski definition) is 2. The van der Waals surface area contributed by atoms with Gasteiger partial charge in [0.2, 0.25) is 5.96 Å². The van der Waals surface area contributed by atoms with Crippen molar-refractivity contribution in [3.8, 4) is 0 Å². The second-order valence-electron chi connectivity index (χ2n) is 3.62. The van der Waals surface area contributed by atoms with Crippen molar-refractivity contribution in [1.82, 2.24) is 0 Å². The summed E-state index contributed by atoms with van der Waals surface area (Å²) >= 11 is 0. The Morgan fingerprint density at radius 3 is 2.40 bits per heavy atom. The van der Waals surface area contributed by atoms with E-state index in [2.05, 4.69) is 37.1 Å². The fourth-order valence-electron chi connectivity index (χ4n) is 0.932. The minimum atomic E-state index is -0.0261. The summed E-state index contributed by atoms with van der Waals surface area (Å²) in [4.78, 5) is 0. The molecule has 0 bridgehead atoms. The van der Waals surface area contributed by atoms with E-state index in [0.29, 0.717) is 0 Å². The highest BCUT2D eigenvalue weighted by molar-refractivity contribution is 5.77. The number of hydrogen-bond acceptors (Lipinski definition) is 2. The van der Waals surface area contributed by atoms with Gasteiger partial charge in [0, 0.05) is 6.21 Å². The summed E-state index contributed by atoms with van der Waals surface area (Å²) in [5, 5.41) is 7.17. The normalized spacial score (nSPS) is 11.5. The number of nitrogens with two attached hydrogens (primary N) is 2. The summed E-state index contributed by atoms with van der Waals surface area (Å²) < 4.78 is 0. The highest BCUT2D eigenvalue weighted by atomic mass is 15.3. The van der Waals surface area contributed by atoms with Crippen LogP contribution in [0.4, 0.5) is 0 Å². The largest absolute Gasteiger partial charge is 0.369 e. The van der Waals surface area contributed by atoms with Crippen LogP contribution < -0.4 is 11.5 Å². The van der Waals surface area contributed by atoms with Crippen molar-refractivity contribution < 1.29 is 0 Å². The molecule has 0 unspecified atom stereocenters. The first-order chi connectivity index (χ1) is 7.02. The Labute approximate surface area is 91.5 Å². The molecule has 0 spiro atoms. The molecule has 0 saturated carbocycles. The lowest BCUT2D eigenvalue weighted by atomic mass is 10.1. The van der Waals surface area contributed by atoms with Crippen LogP contribution in [0.25, 0.3) is 0 Å². The molecule has 0 fully saturated rings. The Bertz CT molecular complexity index is 290. The van der Waals surface area contributed by atoms with Crippen LogP contribution in [0.3, 0.4) is 0 Å². The van der Waals surface area contributed by atoms with Gasteiger partial charge in [0.15, 0.2) is 0 Å². The Morgan fingerprint density at radius 2 is 1.87 bits per heavy atom. The number of rotatable bonds is 5. The van der Waals surface area contributed by atoms with Gasteiger partial charge in [-0.1, -0.05) is 17.2 Å². The zero-order valence-corrected chi connectivity index (χ0v) is 9.70. The average Bonchev–Trinajstić information content (AvgIpc) is 2.11. The molecular weight excluding hydrogens is 188 g/mol. The summed E-state index contributed by atoms with van der Waals surface area (Å²) in [6.45, 7) is 6.25. The van der Waals surface area contributed by atoms with Crippen molar-refractivity contribution in [3.05, 3.63) is 23.3 Å². The van der Waals surface area contributed by atoms with E-state index in [9.17, 15) is 0 Å². The van der Waals surface area contributed by atoms with E-state index in [1.807, 2.05) is 6.08 Å². The highest BCUT2D eigenvalue weighted by Gasteiger charge is 1.86. The molecule has 4 heteroatoms. The maximum Gasteiger partial charge on any atom is 0.211 e. The zero-order valence-electron chi connectivity index (χ0n) is 9.70. The molecule has 4 N–H and O–H groups in total. The van der Waals surface area contributed by atoms with Crippen LogP contribution in [0.2, 0.25) is 0 Å². The fraction of sp³-hybridized carbons (Fsp3) is 0.455. The molecule has 84 valence electrons. The van der Waals surface area contributed by atoms with Crippen LogP contribution >= 0.6 is 0 Å². The molecule has 0 radical (unpaired) electrons. The number of nitrogens with zero attached hydrogens (tertiary/aromatic N) is 2. The lowest BCUT2D eigenvalue weighted by molar-refractivity contribution is 0.969. The third-order valence-corrected chi connectivity index (χ3v) is 1.69. The van der Waals surface area contributed by atoms with Gasteiger partial charge in [-0.2, -0.15) is 5.10 Å². The van der Waals surface area contributed by atoms with Gasteiger partial charge in [0.1, 0.15) is 0 Å². The monoisotopic (exact) mass is 208 g/mol. The van der Waals surface area contributed by atoms with E-state index < -0.39 is 0 Å². The smallest absolute Gasteiger partial charge is 0.211 e. The SMILES string of the molecule is CC(C)=CCCC(C)=CC=NN=C(N)N. The van der Waals surface area contributed by atoms with Gasteiger partial charge in [-0.15, -0.1) is 5.10 Å². The number of allylic oxidation sites excluding steroid dienone is 4. The third-order valence-electron chi connectivity index (χ3n) is 1.69. The summed E-state index contributed by atoms with van der Waals surface area (Å²) in [5.41, 5.74) is 12.8. The average molecular weight is 208 g/mol. The molecule has 0 amide bonds. The first-order valence-electron chi connectivity index (χ1n) is 4.93. The van der Waals surface area contributed by atoms with Crippen LogP contribution in [0.1, 0.15) is 33.6 Å². The molecule has 0 aliphatic carbocycles. The van der Waals surface area contributed by atoms with Crippen molar-refractivity contribution in [1.29, 1.82) is 0 Å². The maximum atomic E-state index is 5.11. The van der Waals surface area contributed by atoms with Crippen LogP contribution in [-0.2, 0) is 0 Å². The molecule has 4 nitrogen and oxygen atoms in total. The van der Waals surface area contributed by atoms with Gasteiger partial charge in [-0.25, -0.2) is 0 Å². The molecule has 0 saturated heterocycles. The summed E-state index contributed by atoms with van der Waals surface area (Å²) in [7, 11) is 0.